The quantitative estimate of drug-likeness (QED) is 0.890. The average Bonchev–Trinajstić information content (AvgIpc) is 3.04. The first-order chi connectivity index (χ1) is 8.75. The van der Waals surface area contributed by atoms with Crippen LogP contribution in [0.15, 0.2) is 17.2 Å². The van der Waals surface area contributed by atoms with Crippen LogP contribution >= 0.6 is 0 Å². The molecule has 1 aliphatic rings. The summed E-state index contributed by atoms with van der Waals surface area (Å²) in [4.78, 5) is 11.2. The number of rotatable bonds is 5. The van der Waals surface area contributed by atoms with Crippen LogP contribution < -0.4 is 0 Å². The zero-order chi connectivity index (χ0) is 14.4. The van der Waals surface area contributed by atoms with Crippen LogP contribution in [-0.2, 0) is 10.0 Å². The average molecular weight is 286 g/mol. The van der Waals surface area contributed by atoms with E-state index in [-0.39, 0.29) is 22.7 Å². The van der Waals surface area contributed by atoms with Crippen molar-refractivity contribution in [1.82, 2.24) is 8.87 Å². The zero-order valence-electron chi connectivity index (χ0n) is 11.2. The summed E-state index contributed by atoms with van der Waals surface area (Å²) < 4.78 is 27.5. The second kappa shape index (κ2) is 4.64. The minimum absolute atomic E-state index is 0.00206. The minimum atomic E-state index is -3.60. The van der Waals surface area contributed by atoms with Crippen molar-refractivity contribution in [3.05, 3.63) is 18.0 Å². The van der Waals surface area contributed by atoms with Gasteiger partial charge in [0.1, 0.15) is 10.6 Å². The summed E-state index contributed by atoms with van der Waals surface area (Å²) in [5.41, 5.74) is -0.00206. The molecule has 0 aromatic carbocycles. The van der Waals surface area contributed by atoms with Crippen LogP contribution in [0.5, 0.6) is 0 Å². The highest BCUT2D eigenvalue weighted by Crippen LogP contribution is 2.31. The Kier molecular flexibility index (Phi) is 3.44. The maximum absolute atomic E-state index is 12.3. The monoisotopic (exact) mass is 286 g/mol. The smallest absolute Gasteiger partial charge is 0.352 e. The molecule has 1 aromatic heterocycles. The molecule has 6 nitrogen and oxygen atoms in total. The van der Waals surface area contributed by atoms with Crippen LogP contribution in [0.4, 0.5) is 0 Å². The summed E-state index contributed by atoms with van der Waals surface area (Å²) in [7, 11) is -2.05. The second-order valence-electron chi connectivity index (χ2n) is 5.12. The van der Waals surface area contributed by atoms with Gasteiger partial charge < -0.3 is 9.67 Å². The summed E-state index contributed by atoms with van der Waals surface area (Å²) in [6.07, 6.45) is 3.14. The van der Waals surface area contributed by atoms with Gasteiger partial charge >= 0.3 is 5.97 Å². The van der Waals surface area contributed by atoms with E-state index < -0.39 is 16.0 Å². The van der Waals surface area contributed by atoms with Gasteiger partial charge in [0.2, 0.25) is 10.0 Å². The maximum Gasteiger partial charge on any atom is 0.352 e. The number of nitrogens with zero attached hydrogens (tertiary/aromatic N) is 2. The molecule has 7 heteroatoms. The third-order valence-corrected chi connectivity index (χ3v) is 5.21. The fourth-order valence-electron chi connectivity index (χ4n) is 1.99. The summed E-state index contributed by atoms with van der Waals surface area (Å²) in [6.45, 7) is 3.63. The van der Waals surface area contributed by atoms with Crippen molar-refractivity contribution in [2.45, 2.75) is 43.7 Å². The van der Waals surface area contributed by atoms with E-state index in [4.69, 9.17) is 5.11 Å². The Bertz CT molecular complexity index is 599. The summed E-state index contributed by atoms with van der Waals surface area (Å²) in [5.74, 6) is -1.12. The number of sulfonamides is 1. The Hall–Kier alpha value is -1.34. The predicted molar refractivity (Wildman–Crippen MR) is 69.7 cm³/mol. The van der Waals surface area contributed by atoms with Gasteiger partial charge in [0, 0.05) is 25.3 Å². The first-order valence-electron chi connectivity index (χ1n) is 6.18. The first kappa shape index (κ1) is 14.1. The SMILES string of the molecule is CC(C)n1cc(S(=O)(=O)N(C)C2CC2)cc1C(=O)O. The van der Waals surface area contributed by atoms with E-state index in [1.165, 1.54) is 21.1 Å². The van der Waals surface area contributed by atoms with Gasteiger partial charge in [-0.25, -0.2) is 13.2 Å². The van der Waals surface area contributed by atoms with Crippen molar-refractivity contribution in [3.63, 3.8) is 0 Å². The van der Waals surface area contributed by atoms with E-state index in [0.29, 0.717) is 0 Å². The molecule has 0 radical (unpaired) electrons. The molecule has 19 heavy (non-hydrogen) atoms. The lowest BCUT2D eigenvalue weighted by Crippen LogP contribution is -2.28. The van der Waals surface area contributed by atoms with Crippen molar-refractivity contribution in [2.75, 3.05) is 7.05 Å². The number of carboxylic acid groups (broad SMARTS) is 1. The van der Waals surface area contributed by atoms with Gasteiger partial charge in [-0.05, 0) is 32.8 Å². The number of aromatic carboxylic acids is 1. The number of carbonyl (C=O) groups is 1. The number of carboxylic acids is 1. The lowest BCUT2D eigenvalue weighted by Gasteiger charge is -2.15. The predicted octanol–water partition coefficient (Wildman–Crippen LogP) is 1.55. The van der Waals surface area contributed by atoms with E-state index in [1.54, 1.807) is 7.05 Å². The molecule has 1 aromatic rings. The molecule has 106 valence electrons. The standard InChI is InChI=1S/C12H18N2O4S/c1-8(2)14-7-10(6-11(14)12(15)16)19(17,18)13(3)9-4-5-9/h6-9H,4-5H2,1-3H3,(H,15,16). The van der Waals surface area contributed by atoms with Gasteiger partial charge in [-0.2, -0.15) is 4.31 Å². The molecule has 0 spiro atoms. The highest BCUT2D eigenvalue weighted by molar-refractivity contribution is 7.89. The first-order valence-corrected chi connectivity index (χ1v) is 7.62. The molecule has 1 N–H and O–H groups in total. The molecule has 0 amide bonds. The van der Waals surface area contributed by atoms with E-state index >= 15 is 0 Å². The van der Waals surface area contributed by atoms with Crippen molar-refractivity contribution in [3.8, 4) is 0 Å². The Morgan fingerprint density at radius 1 is 1.47 bits per heavy atom. The Morgan fingerprint density at radius 3 is 2.42 bits per heavy atom. The third-order valence-electron chi connectivity index (χ3n) is 3.34. The Labute approximate surface area is 112 Å². The molecule has 1 fully saturated rings. The highest BCUT2D eigenvalue weighted by Gasteiger charge is 2.36. The largest absolute Gasteiger partial charge is 0.477 e. The van der Waals surface area contributed by atoms with Crippen LogP contribution in [0.25, 0.3) is 0 Å². The Balaban J connectivity index is 2.45. The lowest BCUT2D eigenvalue weighted by molar-refractivity contribution is 0.0683. The Morgan fingerprint density at radius 2 is 2.05 bits per heavy atom. The van der Waals surface area contributed by atoms with Crippen LogP contribution in [0.1, 0.15) is 43.2 Å². The van der Waals surface area contributed by atoms with E-state index in [2.05, 4.69) is 0 Å². The zero-order valence-corrected chi connectivity index (χ0v) is 12.0. The van der Waals surface area contributed by atoms with Gasteiger partial charge in [0.15, 0.2) is 0 Å². The lowest BCUT2D eigenvalue weighted by atomic mass is 10.3. The summed E-state index contributed by atoms with van der Waals surface area (Å²) >= 11 is 0. The topological polar surface area (TPSA) is 79.6 Å². The molecule has 0 aliphatic heterocycles. The molecular formula is C12H18N2O4S. The fourth-order valence-corrected chi connectivity index (χ4v) is 3.44. The van der Waals surface area contributed by atoms with Crippen molar-refractivity contribution < 1.29 is 18.3 Å². The fraction of sp³-hybridized carbons (Fsp3) is 0.583. The highest BCUT2D eigenvalue weighted by atomic mass is 32.2. The van der Waals surface area contributed by atoms with Gasteiger partial charge in [-0.3, -0.25) is 0 Å². The van der Waals surface area contributed by atoms with E-state index in [1.807, 2.05) is 13.8 Å². The summed E-state index contributed by atoms with van der Waals surface area (Å²) in [5, 5.41) is 9.12. The normalized spacial score (nSPS) is 16.3. The molecule has 2 rings (SSSR count). The van der Waals surface area contributed by atoms with Crippen LogP contribution in [-0.4, -0.2) is 41.5 Å². The molecule has 0 bridgehead atoms. The second-order valence-corrected chi connectivity index (χ2v) is 7.12. The van der Waals surface area contributed by atoms with Gasteiger partial charge in [0.05, 0.1) is 0 Å². The van der Waals surface area contributed by atoms with Crippen molar-refractivity contribution in [2.24, 2.45) is 0 Å². The number of hydrogen-bond donors (Lipinski definition) is 1. The molecule has 0 unspecified atom stereocenters. The van der Waals surface area contributed by atoms with Crippen LogP contribution in [0, 0.1) is 0 Å². The third kappa shape index (κ3) is 2.52. The van der Waals surface area contributed by atoms with Gasteiger partial charge in [-0.15, -0.1) is 0 Å². The van der Waals surface area contributed by atoms with Crippen molar-refractivity contribution >= 4 is 16.0 Å². The number of hydrogen-bond acceptors (Lipinski definition) is 3. The van der Waals surface area contributed by atoms with E-state index in [9.17, 15) is 13.2 Å². The molecule has 1 heterocycles. The van der Waals surface area contributed by atoms with Crippen molar-refractivity contribution in [1.29, 1.82) is 0 Å². The molecule has 1 saturated carbocycles. The van der Waals surface area contributed by atoms with Crippen LogP contribution in [0.2, 0.25) is 0 Å². The molecule has 0 saturated heterocycles. The van der Waals surface area contributed by atoms with Crippen LogP contribution in [0.3, 0.4) is 0 Å². The molecule has 0 atom stereocenters. The molecule has 1 aliphatic carbocycles. The minimum Gasteiger partial charge on any atom is -0.477 e. The van der Waals surface area contributed by atoms with Gasteiger partial charge in [-0.1, -0.05) is 0 Å². The number of aromatic nitrogens is 1. The van der Waals surface area contributed by atoms with Gasteiger partial charge in [0.25, 0.3) is 0 Å². The van der Waals surface area contributed by atoms with E-state index in [0.717, 1.165) is 12.8 Å². The molecular weight excluding hydrogens is 268 g/mol. The summed E-state index contributed by atoms with van der Waals surface area (Å²) in [6, 6.07) is 1.18. The maximum atomic E-state index is 12.3.